The molecule has 2 heteroatoms. The lowest BCUT2D eigenvalue weighted by molar-refractivity contribution is 0.101. The van der Waals surface area contributed by atoms with Crippen molar-refractivity contribution in [2.45, 2.75) is 19.8 Å². The van der Waals surface area contributed by atoms with Gasteiger partial charge in [-0.3, -0.25) is 9.78 Å². The van der Waals surface area contributed by atoms with Crippen molar-refractivity contribution >= 4 is 11.4 Å². The van der Waals surface area contributed by atoms with Crippen molar-refractivity contribution < 1.29 is 4.79 Å². The van der Waals surface area contributed by atoms with E-state index >= 15 is 0 Å². The van der Waals surface area contributed by atoms with E-state index in [9.17, 15) is 4.79 Å². The highest BCUT2D eigenvalue weighted by Gasteiger charge is 2.04. The van der Waals surface area contributed by atoms with Crippen molar-refractivity contribution in [1.82, 2.24) is 4.98 Å². The fourth-order valence-electron chi connectivity index (χ4n) is 1.58. The van der Waals surface area contributed by atoms with Crippen LogP contribution in [0.5, 0.6) is 0 Å². The van der Waals surface area contributed by atoms with Crippen LogP contribution in [-0.4, -0.2) is 10.8 Å². The van der Waals surface area contributed by atoms with Gasteiger partial charge in [-0.2, -0.15) is 0 Å². The highest BCUT2D eigenvalue weighted by atomic mass is 16.1. The van der Waals surface area contributed by atoms with Gasteiger partial charge in [-0.25, -0.2) is 0 Å². The SMILES string of the molecule is CC(=O)c1ccc(C2=CCCC=C2)nc1. The summed E-state index contributed by atoms with van der Waals surface area (Å²) in [5.41, 5.74) is 2.76. The Balaban J connectivity index is 2.27. The summed E-state index contributed by atoms with van der Waals surface area (Å²) in [6, 6.07) is 3.73. The van der Waals surface area contributed by atoms with Gasteiger partial charge in [-0.05, 0) is 37.5 Å². The van der Waals surface area contributed by atoms with Crippen molar-refractivity contribution in [3.63, 3.8) is 0 Å². The summed E-state index contributed by atoms with van der Waals surface area (Å²) in [5.74, 6) is 0.0576. The minimum absolute atomic E-state index is 0.0576. The lowest BCUT2D eigenvalue weighted by atomic mass is 10.0. The topological polar surface area (TPSA) is 30.0 Å². The number of Topliss-reactive ketones (excluding diaryl/α,β-unsaturated/α-hetero) is 1. The Kier molecular flexibility index (Phi) is 2.77. The van der Waals surface area contributed by atoms with Gasteiger partial charge in [0.25, 0.3) is 0 Å². The van der Waals surface area contributed by atoms with E-state index in [4.69, 9.17) is 0 Å². The van der Waals surface area contributed by atoms with E-state index in [1.54, 1.807) is 13.1 Å². The van der Waals surface area contributed by atoms with E-state index < -0.39 is 0 Å². The van der Waals surface area contributed by atoms with Gasteiger partial charge in [-0.1, -0.05) is 18.2 Å². The first-order chi connectivity index (χ1) is 7.27. The largest absolute Gasteiger partial charge is 0.294 e. The fourth-order valence-corrected chi connectivity index (χ4v) is 1.58. The number of hydrogen-bond donors (Lipinski definition) is 0. The minimum Gasteiger partial charge on any atom is -0.294 e. The normalized spacial score (nSPS) is 14.9. The van der Waals surface area contributed by atoms with Crippen LogP contribution < -0.4 is 0 Å². The molecule has 0 aromatic carbocycles. The van der Waals surface area contributed by atoms with Gasteiger partial charge in [0.2, 0.25) is 0 Å². The van der Waals surface area contributed by atoms with Crippen LogP contribution in [0.2, 0.25) is 0 Å². The molecule has 0 aliphatic heterocycles. The van der Waals surface area contributed by atoms with E-state index in [2.05, 4.69) is 23.2 Å². The first-order valence-electron chi connectivity index (χ1n) is 5.11. The van der Waals surface area contributed by atoms with Gasteiger partial charge in [0.1, 0.15) is 0 Å². The molecule has 0 saturated carbocycles. The van der Waals surface area contributed by atoms with E-state index in [1.807, 2.05) is 12.1 Å². The molecule has 1 aliphatic rings. The molecule has 0 radical (unpaired) electrons. The molecule has 0 unspecified atom stereocenters. The fraction of sp³-hybridized carbons (Fsp3) is 0.231. The van der Waals surface area contributed by atoms with Crippen LogP contribution in [0.25, 0.3) is 5.57 Å². The molecule has 2 nitrogen and oxygen atoms in total. The predicted octanol–water partition coefficient (Wildman–Crippen LogP) is 3.02. The predicted molar refractivity (Wildman–Crippen MR) is 60.6 cm³/mol. The van der Waals surface area contributed by atoms with E-state index in [0.29, 0.717) is 5.56 Å². The molecule has 1 aromatic rings. The van der Waals surface area contributed by atoms with Gasteiger partial charge >= 0.3 is 0 Å². The molecule has 76 valence electrons. The van der Waals surface area contributed by atoms with Crippen LogP contribution in [0.3, 0.4) is 0 Å². The summed E-state index contributed by atoms with van der Waals surface area (Å²) < 4.78 is 0. The van der Waals surface area contributed by atoms with Gasteiger partial charge in [0, 0.05) is 11.8 Å². The average molecular weight is 199 g/mol. The van der Waals surface area contributed by atoms with Gasteiger partial charge in [0.05, 0.1) is 5.69 Å². The molecule has 0 spiro atoms. The lowest BCUT2D eigenvalue weighted by Crippen LogP contribution is -1.95. The molecule has 0 saturated heterocycles. The third-order valence-electron chi connectivity index (χ3n) is 2.46. The molecule has 0 bridgehead atoms. The van der Waals surface area contributed by atoms with Crippen LogP contribution in [0.1, 0.15) is 35.8 Å². The van der Waals surface area contributed by atoms with Crippen molar-refractivity contribution in [2.75, 3.05) is 0 Å². The zero-order valence-corrected chi connectivity index (χ0v) is 8.73. The van der Waals surface area contributed by atoms with E-state index in [0.717, 1.165) is 24.1 Å². The van der Waals surface area contributed by atoms with Crippen molar-refractivity contribution in [3.8, 4) is 0 Å². The first kappa shape index (κ1) is 9.84. The molecule has 0 fully saturated rings. The first-order valence-corrected chi connectivity index (χ1v) is 5.11. The number of aromatic nitrogens is 1. The average Bonchev–Trinajstić information content (AvgIpc) is 2.30. The highest BCUT2D eigenvalue weighted by molar-refractivity contribution is 5.93. The van der Waals surface area contributed by atoms with Crippen LogP contribution in [0.4, 0.5) is 0 Å². The maximum atomic E-state index is 11.1. The molecule has 0 atom stereocenters. The molecular weight excluding hydrogens is 186 g/mol. The third kappa shape index (κ3) is 2.21. The van der Waals surface area contributed by atoms with Crippen molar-refractivity contribution in [2.24, 2.45) is 0 Å². The third-order valence-corrected chi connectivity index (χ3v) is 2.46. The maximum Gasteiger partial charge on any atom is 0.161 e. The molecule has 1 heterocycles. The summed E-state index contributed by atoms with van der Waals surface area (Å²) in [6.07, 6.45) is 10.2. The summed E-state index contributed by atoms with van der Waals surface area (Å²) in [4.78, 5) is 15.3. The molecule has 2 rings (SSSR count). The number of carbonyl (C=O) groups excluding carboxylic acids is 1. The lowest BCUT2D eigenvalue weighted by Gasteiger charge is -2.06. The Labute approximate surface area is 89.3 Å². The Hall–Kier alpha value is -1.70. The van der Waals surface area contributed by atoms with E-state index in [-0.39, 0.29) is 5.78 Å². The number of allylic oxidation sites excluding steroid dienone is 4. The summed E-state index contributed by atoms with van der Waals surface area (Å²) in [5, 5.41) is 0. The second kappa shape index (κ2) is 4.22. The van der Waals surface area contributed by atoms with Crippen molar-refractivity contribution in [1.29, 1.82) is 0 Å². The van der Waals surface area contributed by atoms with Crippen LogP contribution in [0, 0.1) is 0 Å². The maximum absolute atomic E-state index is 11.1. The quantitative estimate of drug-likeness (QED) is 0.685. The second-order valence-corrected chi connectivity index (χ2v) is 3.63. The Bertz CT molecular complexity index is 426. The van der Waals surface area contributed by atoms with Gasteiger partial charge in [0.15, 0.2) is 5.78 Å². The number of ketones is 1. The monoisotopic (exact) mass is 199 g/mol. The standard InChI is InChI=1S/C13H13NO/c1-10(15)12-7-8-13(14-9-12)11-5-3-2-4-6-11/h3,5-9H,2,4H2,1H3. The summed E-state index contributed by atoms with van der Waals surface area (Å²) >= 11 is 0. The number of rotatable bonds is 2. The second-order valence-electron chi connectivity index (χ2n) is 3.63. The molecular formula is C13H13NO. The van der Waals surface area contributed by atoms with Gasteiger partial charge in [-0.15, -0.1) is 0 Å². The minimum atomic E-state index is 0.0576. The zero-order valence-electron chi connectivity index (χ0n) is 8.73. The molecule has 1 aliphatic carbocycles. The summed E-state index contributed by atoms with van der Waals surface area (Å²) in [7, 11) is 0. The zero-order chi connectivity index (χ0) is 10.7. The number of carbonyl (C=O) groups is 1. The molecule has 15 heavy (non-hydrogen) atoms. The smallest absolute Gasteiger partial charge is 0.161 e. The number of nitrogens with zero attached hydrogens (tertiary/aromatic N) is 1. The summed E-state index contributed by atoms with van der Waals surface area (Å²) in [6.45, 7) is 1.55. The Morgan fingerprint density at radius 1 is 1.33 bits per heavy atom. The molecule has 0 N–H and O–H groups in total. The van der Waals surface area contributed by atoms with Crippen LogP contribution >= 0.6 is 0 Å². The number of hydrogen-bond acceptors (Lipinski definition) is 2. The van der Waals surface area contributed by atoms with Crippen molar-refractivity contribution in [3.05, 3.63) is 47.8 Å². The Morgan fingerprint density at radius 3 is 2.73 bits per heavy atom. The van der Waals surface area contributed by atoms with Crippen LogP contribution in [-0.2, 0) is 0 Å². The van der Waals surface area contributed by atoms with Gasteiger partial charge < -0.3 is 0 Å². The Morgan fingerprint density at radius 2 is 2.20 bits per heavy atom. The molecule has 0 amide bonds. The van der Waals surface area contributed by atoms with E-state index in [1.165, 1.54) is 0 Å². The van der Waals surface area contributed by atoms with Crippen LogP contribution in [0.15, 0.2) is 36.6 Å². The number of pyridine rings is 1. The highest BCUT2D eigenvalue weighted by Crippen LogP contribution is 2.19. The molecule has 1 aromatic heterocycles.